The lowest BCUT2D eigenvalue weighted by Gasteiger charge is -2.48. The molecule has 222 valence electrons. The molecule has 3 aromatic rings. The van der Waals surface area contributed by atoms with Crippen LogP contribution in [0.25, 0.3) is 0 Å². The summed E-state index contributed by atoms with van der Waals surface area (Å²) in [6.07, 6.45) is 17.1. The number of carbonyl (C=O) groups excluding carboxylic acids is 1. The number of rotatable bonds is 12. The third kappa shape index (κ3) is 6.64. The number of hydrogen-bond acceptors (Lipinski definition) is 3. The molecule has 4 atom stereocenters. The first-order chi connectivity index (χ1) is 20.5. The summed E-state index contributed by atoms with van der Waals surface area (Å²) in [6.45, 7) is 6.30. The van der Waals surface area contributed by atoms with Gasteiger partial charge in [-0.15, -0.1) is 11.8 Å². The minimum Gasteiger partial charge on any atom is -0.494 e. The number of nitrogens with zero attached hydrogens (tertiary/aromatic N) is 1. The molecule has 42 heavy (non-hydrogen) atoms. The van der Waals surface area contributed by atoms with Gasteiger partial charge in [-0.2, -0.15) is 0 Å². The molecule has 0 unspecified atom stereocenters. The fraction of sp³-hybridized carbons (Fsp3) is 0.526. The van der Waals surface area contributed by atoms with E-state index in [1.165, 1.54) is 60.1 Å². The average molecular weight is 583 g/mol. The van der Waals surface area contributed by atoms with Crippen LogP contribution in [0.1, 0.15) is 99.3 Å². The molecule has 0 aliphatic heterocycles. The Kier molecular flexibility index (Phi) is 9.38. The summed E-state index contributed by atoms with van der Waals surface area (Å²) < 4.78 is 8.51. The zero-order valence-electron chi connectivity index (χ0n) is 25.7. The Labute approximate surface area is 257 Å². The van der Waals surface area contributed by atoms with Crippen molar-refractivity contribution in [2.75, 3.05) is 6.61 Å². The lowest BCUT2D eigenvalue weighted by atomic mass is 9.55. The molecule has 3 aliphatic rings. The van der Waals surface area contributed by atoms with Crippen molar-refractivity contribution in [1.29, 1.82) is 0 Å². The van der Waals surface area contributed by atoms with Gasteiger partial charge in [0, 0.05) is 41.0 Å². The summed E-state index contributed by atoms with van der Waals surface area (Å²) in [6, 6.07) is 20.2. The average Bonchev–Trinajstić information content (AvgIpc) is 3.32. The quantitative estimate of drug-likeness (QED) is 0.121. The zero-order valence-corrected chi connectivity index (χ0v) is 26.5. The lowest BCUT2D eigenvalue weighted by molar-refractivity contribution is -0.697. The van der Waals surface area contributed by atoms with Crippen LogP contribution in [0.2, 0.25) is 0 Å². The van der Waals surface area contributed by atoms with E-state index >= 15 is 0 Å². The van der Waals surface area contributed by atoms with E-state index in [0.29, 0.717) is 23.5 Å². The highest BCUT2D eigenvalue weighted by Crippen LogP contribution is 2.59. The van der Waals surface area contributed by atoms with E-state index in [4.69, 9.17) is 4.74 Å². The van der Waals surface area contributed by atoms with Gasteiger partial charge < -0.3 is 4.74 Å². The van der Waals surface area contributed by atoms with Crippen LogP contribution >= 0.6 is 11.8 Å². The number of benzene rings is 2. The van der Waals surface area contributed by atoms with Crippen LogP contribution in [0, 0.1) is 24.2 Å². The van der Waals surface area contributed by atoms with Gasteiger partial charge in [0.05, 0.1) is 6.61 Å². The van der Waals surface area contributed by atoms with Crippen LogP contribution in [0.15, 0.2) is 71.9 Å². The van der Waals surface area contributed by atoms with Crippen molar-refractivity contribution < 1.29 is 14.1 Å². The van der Waals surface area contributed by atoms with Gasteiger partial charge in [-0.25, -0.2) is 4.57 Å². The Bertz CT molecular complexity index is 1350. The molecule has 0 bridgehead atoms. The number of thioether (sulfide) groups is 1. The van der Waals surface area contributed by atoms with E-state index in [1.807, 2.05) is 11.8 Å². The van der Waals surface area contributed by atoms with E-state index in [2.05, 4.69) is 85.4 Å². The van der Waals surface area contributed by atoms with Crippen molar-refractivity contribution >= 4 is 17.5 Å². The molecule has 4 heteroatoms. The third-order valence-corrected chi connectivity index (χ3v) is 11.7. The van der Waals surface area contributed by atoms with E-state index in [1.54, 1.807) is 5.56 Å². The largest absolute Gasteiger partial charge is 0.494 e. The SMILES string of the molecule is Cc1ccc(CSc2cc[n+](CCCCCCCOc3ccc4c(c3)CC[C@@H]3[C@@H]4CC[C@]4(C)C(=O)CC[C@@H]34)cc2)cc1. The van der Waals surface area contributed by atoms with E-state index in [-0.39, 0.29) is 5.41 Å². The number of unbranched alkanes of at least 4 members (excludes halogenated alkanes) is 4. The maximum absolute atomic E-state index is 12.6. The van der Waals surface area contributed by atoms with Crippen molar-refractivity contribution in [3.63, 3.8) is 0 Å². The van der Waals surface area contributed by atoms with Crippen molar-refractivity contribution in [3.8, 4) is 5.75 Å². The summed E-state index contributed by atoms with van der Waals surface area (Å²) in [5.41, 5.74) is 5.71. The van der Waals surface area contributed by atoms with Crippen molar-refractivity contribution in [2.45, 2.75) is 108 Å². The van der Waals surface area contributed by atoms with E-state index < -0.39 is 0 Å². The maximum atomic E-state index is 12.6. The van der Waals surface area contributed by atoms with Crippen LogP contribution < -0.4 is 9.30 Å². The van der Waals surface area contributed by atoms with Gasteiger partial charge in [0.25, 0.3) is 0 Å². The predicted molar refractivity (Wildman–Crippen MR) is 172 cm³/mol. The van der Waals surface area contributed by atoms with Crippen molar-refractivity contribution in [3.05, 3.63) is 89.2 Å². The number of pyridine rings is 1. The minimum absolute atomic E-state index is 0.0341. The predicted octanol–water partition coefficient (Wildman–Crippen LogP) is 9.03. The number of Topliss-reactive ketones (excluding diaryl/α,β-unsaturated/α-hetero) is 1. The van der Waals surface area contributed by atoms with Crippen molar-refractivity contribution in [2.24, 2.45) is 17.3 Å². The molecule has 2 saturated carbocycles. The molecular weight excluding hydrogens is 534 g/mol. The molecule has 6 rings (SSSR count). The van der Waals surface area contributed by atoms with E-state index in [9.17, 15) is 4.79 Å². The molecule has 0 N–H and O–H groups in total. The molecule has 1 aromatic heterocycles. The first-order valence-corrected chi connectivity index (χ1v) is 17.4. The fourth-order valence-electron chi connectivity index (χ4n) is 8.08. The maximum Gasteiger partial charge on any atom is 0.169 e. The Hall–Kier alpha value is -2.59. The molecule has 2 aromatic carbocycles. The first kappa shape index (κ1) is 29.5. The highest BCUT2D eigenvalue weighted by atomic mass is 32.2. The zero-order chi connectivity index (χ0) is 28.9. The number of aromatic nitrogens is 1. The summed E-state index contributed by atoms with van der Waals surface area (Å²) in [5, 5.41) is 0. The topological polar surface area (TPSA) is 30.2 Å². The molecule has 3 aliphatic carbocycles. The van der Waals surface area contributed by atoms with Crippen LogP contribution in [0.3, 0.4) is 0 Å². The molecular formula is C38H48NO2S+. The molecule has 0 amide bonds. The van der Waals surface area contributed by atoms with Gasteiger partial charge in [-0.1, -0.05) is 55.7 Å². The lowest BCUT2D eigenvalue weighted by Crippen LogP contribution is -2.42. The Balaban J connectivity index is 0.861. The standard InChI is InChI=1S/C38H48NO2S/c1-28-8-10-29(11-9-28)27-42-32-19-23-39(24-20-32)22-6-4-3-5-7-25-41-31-13-15-33-30(26-31)12-14-35-34(33)18-21-38(2)36(35)16-17-37(38)40/h8-11,13,15,19-20,23-24,26,34-36H,3-7,12,14,16-18,21-22,25,27H2,1-2H3/q+1/t34-,35-,36+,38+/m1/s1. The smallest absolute Gasteiger partial charge is 0.169 e. The van der Waals surface area contributed by atoms with Crippen LogP contribution in [-0.2, 0) is 23.5 Å². The summed E-state index contributed by atoms with van der Waals surface area (Å²) in [4.78, 5) is 13.9. The second-order valence-corrected chi connectivity index (χ2v) is 14.4. The Morgan fingerprint density at radius 1 is 0.905 bits per heavy atom. The fourth-order valence-corrected chi connectivity index (χ4v) is 8.92. The number of aryl methyl sites for hydroxylation is 3. The summed E-state index contributed by atoms with van der Waals surface area (Å²) in [7, 11) is 0. The Morgan fingerprint density at radius 3 is 2.52 bits per heavy atom. The molecule has 2 fully saturated rings. The van der Waals surface area contributed by atoms with Gasteiger partial charge in [0.15, 0.2) is 12.4 Å². The van der Waals surface area contributed by atoms with Gasteiger partial charge >= 0.3 is 0 Å². The first-order valence-electron chi connectivity index (χ1n) is 16.5. The van der Waals surface area contributed by atoms with Gasteiger partial charge in [-0.05, 0) is 98.4 Å². The van der Waals surface area contributed by atoms with Crippen LogP contribution in [0.5, 0.6) is 5.75 Å². The number of hydrogen-bond donors (Lipinski definition) is 0. The third-order valence-electron chi connectivity index (χ3n) is 10.6. The van der Waals surface area contributed by atoms with Crippen molar-refractivity contribution in [1.82, 2.24) is 0 Å². The second-order valence-electron chi connectivity index (χ2n) is 13.4. The summed E-state index contributed by atoms with van der Waals surface area (Å²) in [5.74, 6) is 4.54. The van der Waals surface area contributed by atoms with Crippen LogP contribution in [0.4, 0.5) is 0 Å². The normalized spacial score (nSPS) is 24.6. The van der Waals surface area contributed by atoms with Gasteiger partial charge in [0.2, 0.25) is 0 Å². The molecule has 0 spiro atoms. The van der Waals surface area contributed by atoms with Crippen LogP contribution in [-0.4, -0.2) is 12.4 Å². The second kappa shape index (κ2) is 13.4. The molecule has 1 heterocycles. The molecule has 0 radical (unpaired) electrons. The number of fused-ring (bicyclic) bond motifs is 5. The number of ether oxygens (including phenoxy) is 1. The molecule has 3 nitrogen and oxygen atoms in total. The van der Waals surface area contributed by atoms with Gasteiger partial charge in [-0.3, -0.25) is 4.79 Å². The number of carbonyl (C=O) groups is 1. The monoisotopic (exact) mass is 582 g/mol. The highest BCUT2D eigenvalue weighted by Gasteiger charge is 2.54. The summed E-state index contributed by atoms with van der Waals surface area (Å²) >= 11 is 1.90. The highest BCUT2D eigenvalue weighted by molar-refractivity contribution is 7.98. The molecule has 0 saturated heterocycles. The minimum atomic E-state index is -0.0341. The van der Waals surface area contributed by atoms with Gasteiger partial charge in [0.1, 0.15) is 18.1 Å². The van der Waals surface area contributed by atoms with E-state index in [0.717, 1.165) is 56.8 Å². The number of ketones is 1. The Morgan fingerprint density at radius 2 is 1.69 bits per heavy atom.